The summed E-state index contributed by atoms with van der Waals surface area (Å²) in [5.41, 5.74) is 2.62. The molecule has 2 aromatic rings. The molecule has 186 valence electrons. The Morgan fingerprint density at radius 2 is 1.80 bits per heavy atom. The number of hydrazone groups is 1. The maximum atomic E-state index is 13.6. The number of carbonyl (C=O) groups excluding carboxylic acids is 2. The van der Waals surface area contributed by atoms with Crippen LogP contribution >= 0.6 is 0 Å². The van der Waals surface area contributed by atoms with Gasteiger partial charge in [-0.1, -0.05) is 30.7 Å². The Labute approximate surface area is 206 Å². The normalized spacial score (nSPS) is 20.3. The number of methoxy groups -OCH3 is 2. The molecule has 35 heavy (non-hydrogen) atoms. The van der Waals surface area contributed by atoms with Crippen molar-refractivity contribution in [1.82, 2.24) is 9.91 Å². The predicted molar refractivity (Wildman–Crippen MR) is 133 cm³/mol. The minimum absolute atomic E-state index is 0.110. The molecule has 0 spiro atoms. The summed E-state index contributed by atoms with van der Waals surface area (Å²) in [5.74, 6) is 1.06. The number of rotatable bonds is 8. The number of para-hydroxylation sites is 1. The average Bonchev–Trinajstić information content (AvgIpc) is 3.34. The van der Waals surface area contributed by atoms with Crippen molar-refractivity contribution in [2.24, 2.45) is 5.10 Å². The molecule has 0 aromatic heterocycles. The van der Waals surface area contributed by atoms with E-state index in [1.807, 2.05) is 53.4 Å². The van der Waals surface area contributed by atoms with Crippen LogP contribution in [0.25, 0.3) is 0 Å². The molecular formula is C27H33N3O5. The Balaban J connectivity index is 1.62. The van der Waals surface area contributed by atoms with Crippen LogP contribution in [0.5, 0.6) is 11.5 Å². The minimum atomic E-state index is -0.396. The monoisotopic (exact) mass is 479 g/mol. The molecule has 8 nitrogen and oxygen atoms in total. The summed E-state index contributed by atoms with van der Waals surface area (Å²) < 4.78 is 16.1. The lowest BCUT2D eigenvalue weighted by atomic mass is 9.97. The third-order valence-corrected chi connectivity index (χ3v) is 6.60. The van der Waals surface area contributed by atoms with Gasteiger partial charge in [0.25, 0.3) is 5.91 Å². The highest BCUT2D eigenvalue weighted by atomic mass is 16.5. The van der Waals surface area contributed by atoms with Crippen LogP contribution in [0.15, 0.2) is 53.6 Å². The first-order chi connectivity index (χ1) is 17.0. The lowest BCUT2D eigenvalue weighted by Crippen LogP contribution is -2.49. The van der Waals surface area contributed by atoms with Crippen molar-refractivity contribution in [3.63, 3.8) is 0 Å². The van der Waals surface area contributed by atoms with Gasteiger partial charge in [-0.3, -0.25) is 14.5 Å². The fourth-order valence-electron chi connectivity index (χ4n) is 4.80. The Morgan fingerprint density at radius 1 is 1.03 bits per heavy atom. The fraction of sp³-hybridized carbons (Fsp3) is 0.444. The number of piperidine rings is 1. The van der Waals surface area contributed by atoms with Gasteiger partial charge in [0.1, 0.15) is 17.5 Å². The quantitative estimate of drug-likeness (QED) is 0.536. The molecular weight excluding hydrogens is 446 g/mol. The Kier molecular flexibility index (Phi) is 8.02. The summed E-state index contributed by atoms with van der Waals surface area (Å²) in [5, 5.41) is 6.36. The molecule has 1 fully saturated rings. The molecule has 0 unspecified atom stereocenters. The van der Waals surface area contributed by atoms with Crippen LogP contribution in [0.4, 0.5) is 0 Å². The molecule has 0 bridgehead atoms. The second-order valence-corrected chi connectivity index (χ2v) is 8.71. The first-order valence-electron chi connectivity index (χ1n) is 12.1. The van der Waals surface area contributed by atoms with E-state index < -0.39 is 6.04 Å². The van der Waals surface area contributed by atoms with Crippen molar-refractivity contribution in [3.8, 4) is 11.5 Å². The summed E-state index contributed by atoms with van der Waals surface area (Å²) in [6.07, 6.45) is 3.15. The molecule has 1 amide bonds. The standard InChI is InChI=1S/C27H33N3O5/c1-4-35-27(32)23-10-7-8-16-29(23)18-26(31)30-24(19-12-14-20(33-2)15-13-19)17-22(28-30)21-9-5-6-11-25(21)34-3/h5-6,9,11-15,23-24H,4,7-8,10,16-18H2,1-3H3/t23-,24-/m0/s1. The van der Waals surface area contributed by atoms with E-state index in [4.69, 9.17) is 19.3 Å². The van der Waals surface area contributed by atoms with Crippen molar-refractivity contribution in [3.05, 3.63) is 59.7 Å². The van der Waals surface area contributed by atoms with E-state index in [9.17, 15) is 9.59 Å². The van der Waals surface area contributed by atoms with Crippen molar-refractivity contribution < 1.29 is 23.8 Å². The van der Waals surface area contributed by atoms with Crippen molar-refractivity contribution in [1.29, 1.82) is 0 Å². The third-order valence-electron chi connectivity index (χ3n) is 6.60. The number of likely N-dealkylation sites (tertiary alicyclic amines) is 1. The largest absolute Gasteiger partial charge is 0.497 e. The molecule has 2 heterocycles. The minimum Gasteiger partial charge on any atom is -0.497 e. The zero-order valence-corrected chi connectivity index (χ0v) is 20.6. The van der Waals surface area contributed by atoms with Crippen LogP contribution in [0.2, 0.25) is 0 Å². The molecule has 2 aromatic carbocycles. The molecule has 8 heteroatoms. The smallest absolute Gasteiger partial charge is 0.323 e. The first-order valence-corrected chi connectivity index (χ1v) is 12.1. The number of benzene rings is 2. The van der Waals surface area contributed by atoms with Crippen molar-refractivity contribution in [2.45, 2.75) is 44.7 Å². The zero-order chi connectivity index (χ0) is 24.8. The van der Waals surface area contributed by atoms with Gasteiger partial charge >= 0.3 is 5.97 Å². The predicted octanol–water partition coefficient (Wildman–Crippen LogP) is 3.80. The molecule has 4 rings (SSSR count). The van der Waals surface area contributed by atoms with Crippen molar-refractivity contribution in [2.75, 3.05) is 33.9 Å². The summed E-state index contributed by atoms with van der Waals surface area (Å²) in [6, 6.07) is 14.7. The van der Waals surface area contributed by atoms with E-state index in [2.05, 4.69) is 0 Å². The van der Waals surface area contributed by atoms with Crippen molar-refractivity contribution >= 4 is 17.6 Å². The Bertz CT molecular complexity index is 1070. The number of amides is 1. The highest BCUT2D eigenvalue weighted by Gasteiger charge is 2.37. The summed E-state index contributed by atoms with van der Waals surface area (Å²) in [4.78, 5) is 28.1. The summed E-state index contributed by atoms with van der Waals surface area (Å²) >= 11 is 0. The average molecular weight is 480 g/mol. The van der Waals surface area contributed by atoms with E-state index in [-0.39, 0.29) is 24.5 Å². The molecule has 1 saturated heterocycles. The maximum Gasteiger partial charge on any atom is 0.323 e. The van der Waals surface area contributed by atoms with Gasteiger partial charge < -0.3 is 14.2 Å². The van der Waals surface area contributed by atoms with Gasteiger partial charge in [-0.05, 0) is 56.1 Å². The molecule has 2 atom stereocenters. The molecule has 2 aliphatic heterocycles. The van der Waals surface area contributed by atoms with Crippen LogP contribution in [-0.4, -0.2) is 67.5 Å². The van der Waals surface area contributed by atoms with E-state index in [1.165, 1.54) is 0 Å². The number of ether oxygens (including phenoxy) is 3. The van der Waals surface area contributed by atoms with Crippen LogP contribution in [0.1, 0.15) is 49.8 Å². The van der Waals surface area contributed by atoms with E-state index in [0.717, 1.165) is 35.4 Å². The third kappa shape index (κ3) is 5.48. The van der Waals surface area contributed by atoms with E-state index in [0.29, 0.717) is 31.7 Å². The number of esters is 1. The van der Waals surface area contributed by atoms with Gasteiger partial charge in [-0.15, -0.1) is 0 Å². The fourth-order valence-corrected chi connectivity index (χ4v) is 4.80. The van der Waals surface area contributed by atoms with Gasteiger partial charge in [0.2, 0.25) is 0 Å². The zero-order valence-electron chi connectivity index (χ0n) is 20.6. The summed E-state index contributed by atoms with van der Waals surface area (Å²) in [7, 11) is 3.26. The highest BCUT2D eigenvalue weighted by molar-refractivity contribution is 6.05. The maximum absolute atomic E-state index is 13.6. The molecule has 0 N–H and O–H groups in total. The molecule has 0 radical (unpaired) electrons. The topological polar surface area (TPSA) is 80.7 Å². The molecule has 0 aliphatic carbocycles. The Hall–Kier alpha value is -3.39. The first kappa shape index (κ1) is 24.7. The van der Waals surface area contributed by atoms with Crippen LogP contribution < -0.4 is 9.47 Å². The van der Waals surface area contributed by atoms with Gasteiger partial charge in [-0.2, -0.15) is 5.10 Å². The summed E-state index contributed by atoms with van der Waals surface area (Å²) in [6.45, 7) is 2.92. The van der Waals surface area contributed by atoms with Gasteiger partial charge in [0.15, 0.2) is 0 Å². The van der Waals surface area contributed by atoms with Gasteiger partial charge in [0, 0.05) is 12.0 Å². The lowest BCUT2D eigenvalue weighted by molar-refractivity contribution is -0.152. The molecule has 0 saturated carbocycles. The lowest BCUT2D eigenvalue weighted by Gasteiger charge is -2.34. The second kappa shape index (κ2) is 11.4. The SMILES string of the molecule is CCOC(=O)[C@@H]1CCCCN1CC(=O)N1N=C(c2ccccc2OC)C[C@H]1c1ccc(OC)cc1. The highest BCUT2D eigenvalue weighted by Crippen LogP contribution is 2.36. The van der Waals surface area contributed by atoms with Crippen LogP contribution in [-0.2, 0) is 14.3 Å². The molecule has 2 aliphatic rings. The number of carbonyl (C=O) groups is 2. The van der Waals surface area contributed by atoms with Crippen LogP contribution in [0, 0.1) is 0 Å². The number of hydrogen-bond donors (Lipinski definition) is 0. The second-order valence-electron chi connectivity index (χ2n) is 8.71. The Morgan fingerprint density at radius 3 is 2.51 bits per heavy atom. The van der Waals surface area contributed by atoms with Gasteiger partial charge in [0.05, 0.1) is 39.1 Å². The van der Waals surface area contributed by atoms with Crippen LogP contribution in [0.3, 0.4) is 0 Å². The van der Waals surface area contributed by atoms with Gasteiger partial charge in [-0.25, -0.2) is 5.01 Å². The number of nitrogens with zero attached hydrogens (tertiary/aromatic N) is 3. The van der Waals surface area contributed by atoms with E-state index in [1.54, 1.807) is 26.2 Å². The van der Waals surface area contributed by atoms with E-state index >= 15 is 0 Å². The number of hydrogen-bond acceptors (Lipinski definition) is 7.